The molecule has 0 saturated carbocycles. The summed E-state index contributed by atoms with van der Waals surface area (Å²) in [6.45, 7) is 11.5. The van der Waals surface area contributed by atoms with Crippen LogP contribution in [-0.2, 0) is 0 Å². The summed E-state index contributed by atoms with van der Waals surface area (Å²) in [5, 5.41) is 0. The summed E-state index contributed by atoms with van der Waals surface area (Å²) >= 11 is 0. The highest BCUT2D eigenvalue weighted by molar-refractivity contribution is 4.58. The molecule has 0 aromatic heterocycles. The van der Waals surface area contributed by atoms with Crippen LogP contribution in [0.3, 0.4) is 0 Å². The van der Waals surface area contributed by atoms with Crippen molar-refractivity contribution in [2.24, 2.45) is 17.8 Å². The molecule has 0 aliphatic rings. The van der Waals surface area contributed by atoms with Gasteiger partial charge >= 0.3 is 0 Å². The fraction of sp³-hybridized carbons (Fsp3) is 1.00. The summed E-state index contributed by atoms with van der Waals surface area (Å²) in [5.41, 5.74) is 0. The second-order valence-corrected chi connectivity index (χ2v) is 3.85. The van der Waals surface area contributed by atoms with Crippen LogP contribution < -0.4 is 0 Å². The third-order valence-electron chi connectivity index (χ3n) is 1.98. The van der Waals surface area contributed by atoms with Gasteiger partial charge in [0, 0.05) is 0 Å². The van der Waals surface area contributed by atoms with Crippen molar-refractivity contribution >= 4 is 0 Å². The van der Waals surface area contributed by atoms with Gasteiger partial charge in [0.05, 0.1) is 0 Å². The molecular weight excluding hydrogens is 144 g/mol. The Hall–Kier alpha value is 0. The Bertz CT molecular complexity index is 62.4. The van der Waals surface area contributed by atoms with Crippen molar-refractivity contribution in [2.75, 3.05) is 0 Å². The minimum atomic E-state index is 0. The maximum absolute atomic E-state index is 2.34. The summed E-state index contributed by atoms with van der Waals surface area (Å²) < 4.78 is 0. The van der Waals surface area contributed by atoms with Crippen molar-refractivity contribution in [3.8, 4) is 0 Å². The summed E-state index contributed by atoms with van der Waals surface area (Å²) in [4.78, 5) is 0. The molecule has 0 bridgehead atoms. The number of hydrogen-bond acceptors (Lipinski definition) is 0. The van der Waals surface area contributed by atoms with Gasteiger partial charge in [-0.2, -0.15) is 0 Å². The molecule has 0 radical (unpaired) electrons. The average Bonchev–Trinajstić information content (AvgIpc) is 1.63. The largest absolute Gasteiger partial charge is 0.0776 e. The lowest BCUT2D eigenvalue weighted by molar-refractivity contribution is 0.344. The molecule has 0 aliphatic heterocycles. The quantitative estimate of drug-likeness (QED) is 0.552. The van der Waals surface area contributed by atoms with Gasteiger partial charge in [0.15, 0.2) is 0 Å². The van der Waals surface area contributed by atoms with E-state index in [2.05, 4.69) is 34.6 Å². The summed E-state index contributed by atoms with van der Waals surface area (Å²) in [7, 11) is 0. The molecule has 0 aromatic carbocycles. The maximum atomic E-state index is 2.34. The van der Waals surface area contributed by atoms with Gasteiger partial charge in [-0.15, -0.1) is 0 Å². The number of hydrogen-bond donors (Lipinski definition) is 0. The molecule has 0 aliphatic carbocycles. The van der Waals surface area contributed by atoms with Crippen LogP contribution in [0.25, 0.3) is 0 Å². The number of rotatable bonds is 3. The molecule has 0 aromatic rings. The van der Waals surface area contributed by atoms with Gasteiger partial charge < -0.3 is 0 Å². The SMILES string of the molecule is C.C.C.CC(C)CC(C)C(C)C. The fourth-order valence-corrected chi connectivity index (χ4v) is 1.02. The molecule has 12 heavy (non-hydrogen) atoms. The molecule has 1 atom stereocenters. The van der Waals surface area contributed by atoms with E-state index >= 15 is 0 Å². The van der Waals surface area contributed by atoms with Crippen LogP contribution >= 0.6 is 0 Å². The molecule has 80 valence electrons. The van der Waals surface area contributed by atoms with Crippen LogP contribution in [0.1, 0.15) is 63.3 Å². The van der Waals surface area contributed by atoms with E-state index in [4.69, 9.17) is 0 Å². The first-order valence-electron chi connectivity index (χ1n) is 4.04. The van der Waals surface area contributed by atoms with Crippen molar-refractivity contribution in [2.45, 2.75) is 63.3 Å². The normalized spacial score (nSPS) is 11.2. The molecule has 0 heterocycles. The highest BCUT2D eigenvalue weighted by atomic mass is 14.1. The summed E-state index contributed by atoms with van der Waals surface area (Å²) in [6, 6.07) is 0. The van der Waals surface area contributed by atoms with E-state index in [-0.39, 0.29) is 22.3 Å². The van der Waals surface area contributed by atoms with Gasteiger partial charge in [-0.25, -0.2) is 0 Å². The highest BCUT2D eigenvalue weighted by Gasteiger charge is 2.07. The minimum Gasteiger partial charge on any atom is -0.0776 e. The topological polar surface area (TPSA) is 0 Å². The zero-order valence-corrected chi connectivity index (χ0v) is 7.44. The van der Waals surface area contributed by atoms with Crippen LogP contribution in [0.15, 0.2) is 0 Å². The van der Waals surface area contributed by atoms with Gasteiger partial charge in [0.1, 0.15) is 0 Å². The molecule has 0 amide bonds. The lowest BCUT2D eigenvalue weighted by atomic mass is 9.90. The molecule has 0 N–H and O–H groups in total. The molecule has 0 rings (SSSR count). The van der Waals surface area contributed by atoms with E-state index in [0.29, 0.717) is 0 Å². The Morgan fingerprint density at radius 1 is 0.750 bits per heavy atom. The van der Waals surface area contributed by atoms with Gasteiger partial charge in [0.25, 0.3) is 0 Å². The van der Waals surface area contributed by atoms with E-state index in [1.807, 2.05) is 0 Å². The van der Waals surface area contributed by atoms with Crippen LogP contribution in [0.4, 0.5) is 0 Å². The zero-order chi connectivity index (χ0) is 7.44. The molecule has 0 spiro atoms. The van der Waals surface area contributed by atoms with Gasteiger partial charge in [-0.3, -0.25) is 0 Å². The molecule has 0 nitrogen and oxygen atoms in total. The Kier molecular flexibility index (Phi) is 20.8. The zero-order valence-electron chi connectivity index (χ0n) is 7.44. The smallest absolute Gasteiger partial charge is 0.0417 e. The summed E-state index contributed by atoms with van der Waals surface area (Å²) in [6.07, 6.45) is 1.37. The Labute approximate surface area is 81.8 Å². The van der Waals surface area contributed by atoms with Crippen LogP contribution in [-0.4, -0.2) is 0 Å². The van der Waals surface area contributed by atoms with Crippen molar-refractivity contribution in [1.82, 2.24) is 0 Å². The van der Waals surface area contributed by atoms with Gasteiger partial charge in [-0.1, -0.05) is 56.9 Å². The Balaban J connectivity index is -0.000000107. The maximum Gasteiger partial charge on any atom is -0.0417 e. The summed E-state index contributed by atoms with van der Waals surface area (Å²) in [5.74, 6) is 2.61. The van der Waals surface area contributed by atoms with Crippen LogP contribution in [0, 0.1) is 17.8 Å². The molecule has 0 saturated heterocycles. The lowest BCUT2D eigenvalue weighted by Gasteiger charge is -2.16. The first-order valence-corrected chi connectivity index (χ1v) is 4.04. The van der Waals surface area contributed by atoms with Gasteiger partial charge in [-0.05, 0) is 24.2 Å². The second-order valence-electron chi connectivity index (χ2n) is 3.85. The molecule has 1 unspecified atom stereocenters. The lowest BCUT2D eigenvalue weighted by Crippen LogP contribution is -2.06. The van der Waals surface area contributed by atoms with E-state index in [1.165, 1.54) is 6.42 Å². The second kappa shape index (κ2) is 11.0. The highest BCUT2D eigenvalue weighted by Crippen LogP contribution is 2.18. The average molecular weight is 176 g/mol. The van der Waals surface area contributed by atoms with Crippen LogP contribution in [0.5, 0.6) is 0 Å². The van der Waals surface area contributed by atoms with E-state index in [1.54, 1.807) is 0 Å². The van der Waals surface area contributed by atoms with Crippen molar-refractivity contribution in [3.05, 3.63) is 0 Å². The predicted molar refractivity (Wildman–Crippen MR) is 63.7 cm³/mol. The van der Waals surface area contributed by atoms with Gasteiger partial charge in [0.2, 0.25) is 0 Å². The minimum absolute atomic E-state index is 0. The first kappa shape index (κ1) is 22.7. The standard InChI is InChI=1S/C9H20.3CH4/c1-7(2)6-9(5)8(3)4;;;/h7-9H,6H2,1-5H3;3*1H4. The van der Waals surface area contributed by atoms with Crippen molar-refractivity contribution in [3.63, 3.8) is 0 Å². The van der Waals surface area contributed by atoms with Crippen molar-refractivity contribution < 1.29 is 0 Å². The Morgan fingerprint density at radius 3 is 1.17 bits per heavy atom. The third kappa shape index (κ3) is 12.7. The van der Waals surface area contributed by atoms with Crippen molar-refractivity contribution in [1.29, 1.82) is 0 Å². The third-order valence-corrected chi connectivity index (χ3v) is 1.98. The molecular formula is C12H32. The molecule has 0 fully saturated rings. The van der Waals surface area contributed by atoms with E-state index < -0.39 is 0 Å². The van der Waals surface area contributed by atoms with E-state index in [9.17, 15) is 0 Å². The van der Waals surface area contributed by atoms with Crippen LogP contribution in [0.2, 0.25) is 0 Å². The predicted octanol–water partition coefficient (Wildman–Crippen LogP) is 5.23. The monoisotopic (exact) mass is 176 g/mol. The first-order chi connectivity index (χ1) is 4.04. The Morgan fingerprint density at radius 2 is 1.08 bits per heavy atom. The fourth-order valence-electron chi connectivity index (χ4n) is 1.02. The van der Waals surface area contributed by atoms with E-state index in [0.717, 1.165) is 17.8 Å². The molecule has 0 heteroatoms.